The molecule has 0 aromatic heterocycles. The van der Waals surface area contributed by atoms with Crippen LogP contribution in [0.5, 0.6) is 5.75 Å². The molecule has 0 saturated heterocycles. The first-order chi connectivity index (χ1) is 7.24. The Bertz CT molecular complexity index is 475. The van der Waals surface area contributed by atoms with Crippen LogP contribution in [0.3, 0.4) is 0 Å². The van der Waals surface area contributed by atoms with E-state index in [0.717, 1.165) is 22.1 Å². The van der Waals surface area contributed by atoms with Crippen LogP contribution in [0.4, 0.5) is 0 Å². The van der Waals surface area contributed by atoms with E-state index in [9.17, 15) is 5.11 Å². The Morgan fingerprint density at radius 2 is 1.87 bits per heavy atom. The fourth-order valence-electron chi connectivity index (χ4n) is 1.82. The molecular formula is C13H14O2. The number of rotatable bonds is 2. The average molecular weight is 202 g/mol. The minimum atomic E-state index is -0.510. The summed E-state index contributed by atoms with van der Waals surface area (Å²) in [5.41, 5.74) is 0.830. The minimum Gasteiger partial charge on any atom is -0.496 e. The van der Waals surface area contributed by atoms with Crippen molar-refractivity contribution in [3.05, 3.63) is 42.0 Å². The third kappa shape index (κ3) is 1.68. The summed E-state index contributed by atoms with van der Waals surface area (Å²) < 4.78 is 5.36. The monoisotopic (exact) mass is 202 g/mol. The Balaban J connectivity index is 2.75. The highest BCUT2D eigenvalue weighted by Gasteiger charge is 2.11. The van der Waals surface area contributed by atoms with Gasteiger partial charge < -0.3 is 9.84 Å². The summed E-state index contributed by atoms with van der Waals surface area (Å²) in [6.45, 7) is 1.74. The smallest absolute Gasteiger partial charge is 0.132 e. The Hall–Kier alpha value is -1.54. The van der Waals surface area contributed by atoms with E-state index in [2.05, 4.69) is 0 Å². The van der Waals surface area contributed by atoms with Crippen LogP contribution in [0, 0.1) is 0 Å². The zero-order chi connectivity index (χ0) is 10.8. The SMILES string of the molecule is COc1c([C@H](C)O)ccc2ccccc12. The highest BCUT2D eigenvalue weighted by molar-refractivity contribution is 5.89. The van der Waals surface area contributed by atoms with Gasteiger partial charge in [-0.2, -0.15) is 0 Å². The summed E-state index contributed by atoms with van der Waals surface area (Å²) >= 11 is 0. The van der Waals surface area contributed by atoms with E-state index in [-0.39, 0.29) is 0 Å². The molecule has 2 nitrogen and oxygen atoms in total. The van der Waals surface area contributed by atoms with E-state index in [0.29, 0.717) is 0 Å². The van der Waals surface area contributed by atoms with E-state index in [4.69, 9.17) is 4.74 Å². The zero-order valence-electron chi connectivity index (χ0n) is 8.90. The van der Waals surface area contributed by atoms with Crippen LogP contribution in [0.1, 0.15) is 18.6 Å². The third-order valence-corrected chi connectivity index (χ3v) is 2.56. The van der Waals surface area contributed by atoms with Gasteiger partial charge in [-0.15, -0.1) is 0 Å². The van der Waals surface area contributed by atoms with Crippen LogP contribution in [-0.4, -0.2) is 12.2 Å². The zero-order valence-corrected chi connectivity index (χ0v) is 8.90. The van der Waals surface area contributed by atoms with Crippen LogP contribution >= 0.6 is 0 Å². The van der Waals surface area contributed by atoms with Crippen molar-refractivity contribution in [3.63, 3.8) is 0 Å². The van der Waals surface area contributed by atoms with Crippen molar-refractivity contribution >= 4 is 10.8 Å². The van der Waals surface area contributed by atoms with E-state index >= 15 is 0 Å². The van der Waals surface area contributed by atoms with Crippen molar-refractivity contribution in [2.45, 2.75) is 13.0 Å². The minimum absolute atomic E-state index is 0.510. The number of benzene rings is 2. The Morgan fingerprint density at radius 1 is 1.13 bits per heavy atom. The number of methoxy groups -OCH3 is 1. The number of aliphatic hydroxyl groups is 1. The molecule has 0 unspecified atom stereocenters. The summed E-state index contributed by atoms with van der Waals surface area (Å²) in [5, 5.41) is 11.8. The van der Waals surface area contributed by atoms with Gasteiger partial charge in [0.15, 0.2) is 0 Å². The first kappa shape index (κ1) is 9.99. The maximum absolute atomic E-state index is 9.62. The van der Waals surface area contributed by atoms with Gasteiger partial charge in [-0.25, -0.2) is 0 Å². The first-order valence-electron chi connectivity index (χ1n) is 4.97. The summed E-state index contributed by atoms with van der Waals surface area (Å²) in [5.74, 6) is 0.767. The molecule has 2 heteroatoms. The molecule has 15 heavy (non-hydrogen) atoms. The molecule has 2 rings (SSSR count). The molecule has 0 aliphatic heterocycles. The second kappa shape index (κ2) is 3.91. The fourth-order valence-corrected chi connectivity index (χ4v) is 1.82. The summed E-state index contributed by atoms with van der Waals surface area (Å²) in [7, 11) is 1.63. The van der Waals surface area contributed by atoms with Crippen molar-refractivity contribution in [3.8, 4) is 5.75 Å². The average Bonchev–Trinajstić information content (AvgIpc) is 2.27. The van der Waals surface area contributed by atoms with Crippen LogP contribution in [0.2, 0.25) is 0 Å². The lowest BCUT2D eigenvalue weighted by Gasteiger charge is -2.13. The van der Waals surface area contributed by atoms with Gasteiger partial charge in [0.2, 0.25) is 0 Å². The topological polar surface area (TPSA) is 29.5 Å². The lowest BCUT2D eigenvalue weighted by atomic mass is 10.0. The molecule has 0 amide bonds. The van der Waals surface area contributed by atoms with Crippen molar-refractivity contribution < 1.29 is 9.84 Å². The molecule has 0 aliphatic rings. The molecule has 1 N–H and O–H groups in total. The second-order valence-electron chi connectivity index (χ2n) is 3.59. The predicted molar refractivity (Wildman–Crippen MR) is 61.1 cm³/mol. The first-order valence-corrected chi connectivity index (χ1v) is 4.97. The van der Waals surface area contributed by atoms with Gasteiger partial charge in [-0.05, 0) is 12.3 Å². The molecule has 0 radical (unpaired) electrons. The van der Waals surface area contributed by atoms with Crippen molar-refractivity contribution in [2.75, 3.05) is 7.11 Å². The van der Waals surface area contributed by atoms with Crippen LogP contribution in [0.25, 0.3) is 10.8 Å². The van der Waals surface area contributed by atoms with Crippen LogP contribution in [0.15, 0.2) is 36.4 Å². The van der Waals surface area contributed by atoms with E-state index < -0.39 is 6.10 Å². The maximum atomic E-state index is 9.62. The van der Waals surface area contributed by atoms with Gasteiger partial charge >= 0.3 is 0 Å². The standard InChI is InChI=1S/C13H14O2/c1-9(14)11-8-7-10-5-3-4-6-12(10)13(11)15-2/h3-9,14H,1-2H3/t9-/m0/s1. The van der Waals surface area contributed by atoms with E-state index in [1.165, 1.54) is 0 Å². The Labute approximate surface area is 89.1 Å². The maximum Gasteiger partial charge on any atom is 0.132 e. The fraction of sp³-hybridized carbons (Fsp3) is 0.231. The molecule has 78 valence electrons. The lowest BCUT2D eigenvalue weighted by Crippen LogP contribution is -1.97. The van der Waals surface area contributed by atoms with Gasteiger partial charge in [0.25, 0.3) is 0 Å². The Morgan fingerprint density at radius 3 is 2.53 bits per heavy atom. The molecule has 0 aliphatic carbocycles. The number of aliphatic hydroxyl groups excluding tert-OH is 1. The highest BCUT2D eigenvalue weighted by Crippen LogP contribution is 2.33. The molecule has 2 aromatic carbocycles. The van der Waals surface area contributed by atoms with E-state index in [1.54, 1.807) is 14.0 Å². The Kier molecular flexibility index (Phi) is 2.60. The van der Waals surface area contributed by atoms with Crippen LogP contribution < -0.4 is 4.74 Å². The van der Waals surface area contributed by atoms with Gasteiger partial charge in [-0.3, -0.25) is 0 Å². The largest absolute Gasteiger partial charge is 0.496 e. The third-order valence-electron chi connectivity index (χ3n) is 2.56. The molecule has 0 heterocycles. The number of hydrogen-bond donors (Lipinski definition) is 1. The number of ether oxygens (including phenoxy) is 1. The molecular weight excluding hydrogens is 188 g/mol. The van der Waals surface area contributed by atoms with Gasteiger partial charge in [-0.1, -0.05) is 36.4 Å². The molecule has 0 saturated carbocycles. The molecule has 1 atom stereocenters. The van der Waals surface area contributed by atoms with Gasteiger partial charge in [0.05, 0.1) is 13.2 Å². The van der Waals surface area contributed by atoms with Crippen molar-refractivity contribution in [2.24, 2.45) is 0 Å². The van der Waals surface area contributed by atoms with Crippen LogP contribution in [-0.2, 0) is 0 Å². The summed E-state index contributed by atoms with van der Waals surface area (Å²) in [6, 6.07) is 11.9. The summed E-state index contributed by atoms with van der Waals surface area (Å²) in [4.78, 5) is 0. The normalized spacial score (nSPS) is 12.7. The molecule has 0 fully saturated rings. The molecule has 2 aromatic rings. The highest BCUT2D eigenvalue weighted by atomic mass is 16.5. The van der Waals surface area contributed by atoms with Gasteiger partial charge in [0, 0.05) is 10.9 Å². The van der Waals surface area contributed by atoms with E-state index in [1.807, 2.05) is 36.4 Å². The molecule has 0 spiro atoms. The number of hydrogen-bond acceptors (Lipinski definition) is 2. The molecule has 0 bridgehead atoms. The lowest BCUT2D eigenvalue weighted by molar-refractivity contribution is 0.194. The van der Waals surface area contributed by atoms with Gasteiger partial charge in [0.1, 0.15) is 5.75 Å². The second-order valence-corrected chi connectivity index (χ2v) is 3.59. The quantitative estimate of drug-likeness (QED) is 0.811. The van der Waals surface area contributed by atoms with Crippen molar-refractivity contribution in [1.29, 1.82) is 0 Å². The number of fused-ring (bicyclic) bond motifs is 1. The van der Waals surface area contributed by atoms with Crippen molar-refractivity contribution in [1.82, 2.24) is 0 Å². The predicted octanol–water partition coefficient (Wildman–Crippen LogP) is 2.90. The summed E-state index contributed by atoms with van der Waals surface area (Å²) in [6.07, 6.45) is -0.510.